The number of likely N-dealkylation sites (N-methyl/N-ethyl adjacent to an activating group) is 1. The van der Waals surface area contributed by atoms with E-state index < -0.39 is 10.0 Å². The van der Waals surface area contributed by atoms with Crippen LogP contribution < -0.4 is 0 Å². The number of benzene rings is 1. The second kappa shape index (κ2) is 8.34. The van der Waals surface area contributed by atoms with Crippen LogP contribution in [0.15, 0.2) is 35.2 Å². The lowest BCUT2D eigenvalue weighted by Gasteiger charge is -2.26. The molecular weight excluding hydrogens is 360 g/mol. The van der Waals surface area contributed by atoms with Crippen LogP contribution in [0.25, 0.3) is 0 Å². The van der Waals surface area contributed by atoms with Gasteiger partial charge in [0, 0.05) is 31.7 Å². The number of piperidine rings is 1. The SMILES string of the molecule is C=C(C)CN(CC)C(=O)c1ccc(Cl)c(S(=O)(=O)N2CCCCC2)c1. The molecule has 0 saturated carbocycles. The van der Waals surface area contributed by atoms with Gasteiger partial charge in [0.15, 0.2) is 0 Å². The second-order valence-corrected chi connectivity index (χ2v) is 8.70. The third-order valence-electron chi connectivity index (χ3n) is 4.24. The molecule has 1 heterocycles. The lowest BCUT2D eigenvalue weighted by atomic mass is 10.2. The van der Waals surface area contributed by atoms with Gasteiger partial charge in [-0.1, -0.05) is 30.2 Å². The summed E-state index contributed by atoms with van der Waals surface area (Å²) in [5.41, 5.74) is 1.19. The van der Waals surface area contributed by atoms with E-state index in [0.29, 0.717) is 31.7 Å². The molecule has 0 atom stereocenters. The number of carbonyl (C=O) groups is 1. The molecule has 1 amide bonds. The summed E-state index contributed by atoms with van der Waals surface area (Å²) >= 11 is 6.16. The van der Waals surface area contributed by atoms with Crippen molar-refractivity contribution in [1.29, 1.82) is 0 Å². The molecule has 1 fully saturated rings. The molecule has 0 aromatic heterocycles. The molecule has 1 aromatic rings. The predicted octanol–water partition coefficient (Wildman–Crippen LogP) is 3.55. The van der Waals surface area contributed by atoms with Gasteiger partial charge in [-0.05, 0) is 44.9 Å². The van der Waals surface area contributed by atoms with Gasteiger partial charge in [-0.25, -0.2) is 8.42 Å². The maximum atomic E-state index is 12.9. The molecule has 1 aliphatic rings. The largest absolute Gasteiger partial charge is 0.335 e. The van der Waals surface area contributed by atoms with Gasteiger partial charge in [0.25, 0.3) is 5.91 Å². The lowest BCUT2D eigenvalue weighted by Crippen LogP contribution is -2.36. The highest BCUT2D eigenvalue weighted by atomic mass is 35.5. The smallest absolute Gasteiger partial charge is 0.254 e. The molecule has 2 rings (SSSR count). The summed E-state index contributed by atoms with van der Waals surface area (Å²) in [4.78, 5) is 14.3. The predicted molar refractivity (Wildman–Crippen MR) is 100 cm³/mol. The van der Waals surface area contributed by atoms with Crippen molar-refractivity contribution in [3.05, 3.63) is 40.9 Å². The fourth-order valence-electron chi connectivity index (χ4n) is 2.91. The van der Waals surface area contributed by atoms with Crippen LogP contribution in [0.3, 0.4) is 0 Å². The minimum Gasteiger partial charge on any atom is -0.335 e. The first-order valence-electron chi connectivity index (χ1n) is 8.50. The topological polar surface area (TPSA) is 57.7 Å². The Morgan fingerprint density at radius 1 is 1.28 bits per heavy atom. The quantitative estimate of drug-likeness (QED) is 0.704. The third kappa shape index (κ3) is 4.63. The molecule has 1 aromatic carbocycles. The van der Waals surface area contributed by atoms with Crippen molar-refractivity contribution in [2.24, 2.45) is 0 Å². The van der Waals surface area contributed by atoms with E-state index in [0.717, 1.165) is 24.8 Å². The molecule has 0 bridgehead atoms. The molecule has 138 valence electrons. The first-order chi connectivity index (χ1) is 11.8. The maximum absolute atomic E-state index is 12.9. The first kappa shape index (κ1) is 19.9. The van der Waals surface area contributed by atoms with E-state index >= 15 is 0 Å². The molecule has 5 nitrogen and oxygen atoms in total. The molecule has 25 heavy (non-hydrogen) atoms. The van der Waals surface area contributed by atoms with Gasteiger partial charge in [-0.3, -0.25) is 4.79 Å². The van der Waals surface area contributed by atoms with E-state index in [1.165, 1.54) is 16.4 Å². The van der Waals surface area contributed by atoms with Crippen molar-refractivity contribution in [3.63, 3.8) is 0 Å². The Balaban J connectivity index is 2.36. The maximum Gasteiger partial charge on any atom is 0.254 e. The first-order valence-corrected chi connectivity index (χ1v) is 10.3. The molecule has 1 saturated heterocycles. The van der Waals surface area contributed by atoms with Crippen LogP contribution in [0.4, 0.5) is 0 Å². The Hall–Kier alpha value is -1.37. The van der Waals surface area contributed by atoms with Crippen LogP contribution in [-0.2, 0) is 10.0 Å². The number of halogens is 1. The number of hydrogen-bond donors (Lipinski definition) is 0. The Bertz CT molecular complexity index is 756. The summed E-state index contributed by atoms with van der Waals surface area (Å²) in [6.45, 7) is 9.50. The molecule has 0 radical (unpaired) electrons. The molecule has 0 aliphatic carbocycles. The van der Waals surface area contributed by atoms with E-state index in [1.807, 2.05) is 13.8 Å². The number of amides is 1. The number of hydrogen-bond acceptors (Lipinski definition) is 3. The number of carbonyl (C=O) groups excluding carboxylic acids is 1. The van der Waals surface area contributed by atoms with Gasteiger partial charge < -0.3 is 4.90 Å². The summed E-state index contributed by atoms with van der Waals surface area (Å²) < 4.78 is 27.3. The Morgan fingerprint density at radius 2 is 1.92 bits per heavy atom. The van der Waals surface area contributed by atoms with Crippen molar-refractivity contribution < 1.29 is 13.2 Å². The van der Waals surface area contributed by atoms with Crippen LogP contribution >= 0.6 is 11.6 Å². The van der Waals surface area contributed by atoms with Gasteiger partial charge in [0.05, 0.1) is 5.02 Å². The van der Waals surface area contributed by atoms with E-state index in [-0.39, 0.29) is 15.8 Å². The lowest BCUT2D eigenvalue weighted by molar-refractivity contribution is 0.0778. The van der Waals surface area contributed by atoms with Gasteiger partial charge in [-0.2, -0.15) is 4.31 Å². The van der Waals surface area contributed by atoms with E-state index in [1.54, 1.807) is 11.0 Å². The van der Waals surface area contributed by atoms with Crippen molar-refractivity contribution >= 4 is 27.5 Å². The minimum atomic E-state index is -3.69. The normalized spacial score (nSPS) is 15.8. The Morgan fingerprint density at radius 3 is 2.48 bits per heavy atom. The summed E-state index contributed by atoms with van der Waals surface area (Å²) in [6, 6.07) is 4.46. The zero-order valence-corrected chi connectivity index (χ0v) is 16.4. The van der Waals surface area contributed by atoms with Crippen LogP contribution in [0.1, 0.15) is 43.5 Å². The van der Waals surface area contributed by atoms with Crippen molar-refractivity contribution in [3.8, 4) is 0 Å². The van der Waals surface area contributed by atoms with Crippen molar-refractivity contribution in [2.45, 2.75) is 38.0 Å². The highest BCUT2D eigenvalue weighted by molar-refractivity contribution is 7.89. The van der Waals surface area contributed by atoms with E-state index in [9.17, 15) is 13.2 Å². The zero-order valence-electron chi connectivity index (χ0n) is 14.8. The van der Waals surface area contributed by atoms with Gasteiger partial charge in [0.1, 0.15) is 4.90 Å². The highest BCUT2D eigenvalue weighted by Gasteiger charge is 2.29. The van der Waals surface area contributed by atoms with Crippen LogP contribution in [-0.4, -0.2) is 49.7 Å². The standard InChI is InChI=1S/C18H25ClN2O3S/c1-4-20(13-14(2)3)18(22)15-8-9-16(19)17(12-15)25(23,24)21-10-6-5-7-11-21/h8-9,12H,2,4-7,10-11,13H2,1,3H3. The van der Waals surface area contributed by atoms with Crippen LogP contribution in [0.2, 0.25) is 5.02 Å². The molecule has 7 heteroatoms. The zero-order chi connectivity index (χ0) is 18.6. The fraction of sp³-hybridized carbons (Fsp3) is 0.500. The van der Waals surface area contributed by atoms with Crippen molar-refractivity contribution in [2.75, 3.05) is 26.2 Å². The molecule has 0 spiro atoms. The molecular formula is C18H25ClN2O3S. The fourth-order valence-corrected chi connectivity index (χ4v) is 4.93. The number of rotatable bonds is 6. The van der Waals surface area contributed by atoms with Gasteiger partial charge >= 0.3 is 0 Å². The monoisotopic (exact) mass is 384 g/mol. The minimum absolute atomic E-state index is 0.00768. The average Bonchev–Trinajstić information content (AvgIpc) is 2.60. The number of sulfonamides is 1. The van der Waals surface area contributed by atoms with Crippen LogP contribution in [0, 0.1) is 0 Å². The third-order valence-corrected chi connectivity index (χ3v) is 6.62. The molecule has 1 aliphatic heterocycles. The van der Waals surface area contributed by atoms with E-state index in [4.69, 9.17) is 11.6 Å². The number of nitrogens with zero attached hydrogens (tertiary/aromatic N) is 2. The highest BCUT2D eigenvalue weighted by Crippen LogP contribution is 2.28. The van der Waals surface area contributed by atoms with Crippen molar-refractivity contribution in [1.82, 2.24) is 9.21 Å². The summed E-state index contributed by atoms with van der Waals surface area (Å²) in [7, 11) is -3.69. The van der Waals surface area contributed by atoms with Crippen LogP contribution in [0.5, 0.6) is 0 Å². The summed E-state index contributed by atoms with van der Waals surface area (Å²) in [6.07, 6.45) is 2.72. The summed E-state index contributed by atoms with van der Waals surface area (Å²) in [5, 5.41) is 0.144. The molecule has 0 N–H and O–H groups in total. The summed E-state index contributed by atoms with van der Waals surface area (Å²) in [5.74, 6) is -0.225. The Labute approximate surface area is 155 Å². The average molecular weight is 385 g/mol. The van der Waals surface area contributed by atoms with Gasteiger partial charge in [-0.15, -0.1) is 0 Å². The van der Waals surface area contributed by atoms with E-state index in [2.05, 4.69) is 6.58 Å². The Kier molecular flexibility index (Phi) is 6.65. The van der Waals surface area contributed by atoms with Gasteiger partial charge in [0.2, 0.25) is 10.0 Å². The molecule has 0 unspecified atom stereocenters. The second-order valence-electron chi connectivity index (χ2n) is 6.39.